The number of alkyl halides is 1. The van der Waals surface area contributed by atoms with Crippen LogP contribution in [0.25, 0.3) is 21.8 Å². The van der Waals surface area contributed by atoms with Gasteiger partial charge >= 0.3 is 0 Å². The fourth-order valence-corrected chi connectivity index (χ4v) is 3.92. The number of amides is 1. The predicted octanol–water partition coefficient (Wildman–Crippen LogP) is 2.60. The Kier molecular flexibility index (Phi) is 3.82. The fourth-order valence-electron chi connectivity index (χ4n) is 3.92. The van der Waals surface area contributed by atoms with Gasteiger partial charge in [0.2, 0.25) is 5.91 Å². The van der Waals surface area contributed by atoms with E-state index in [1.807, 2.05) is 31.4 Å². The second kappa shape index (κ2) is 5.93. The molecule has 1 amide bonds. The third-order valence-electron chi connectivity index (χ3n) is 5.32. The van der Waals surface area contributed by atoms with Gasteiger partial charge in [-0.25, -0.2) is 9.37 Å². The van der Waals surface area contributed by atoms with E-state index in [4.69, 9.17) is 5.73 Å². The molecule has 3 heterocycles. The van der Waals surface area contributed by atoms with Crippen molar-refractivity contribution in [2.75, 3.05) is 18.8 Å². The summed E-state index contributed by atoms with van der Waals surface area (Å²) in [6.07, 6.45) is 2.90. The summed E-state index contributed by atoms with van der Waals surface area (Å²) in [7, 11) is 1.84. The minimum atomic E-state index is -1.32. The molecule has 26 heavy (non-hydrogen) atoms. The number of fused-ring (bicyclic) bond motifs is 3. The first-order chi connectivity index (χ1) is 12.4. The smallest absolute Gasteiger partial charge is 0.219 e. The molecule has 7 heteroatoms. The van der Waals surface area contributed by atoms with Gasteiger partial charge in [0.25, 0.3) is 0 Å². The Morgan fingerprint density at radius 3 is 2.77 bits per heavy atom. The highest BCUT2D eigenvalue weighted by molar-refractivity contribution is 6.09. The highest BCUT2D eigenvalue weighted by atomic mass is 19.1. The Hall–Kier alpha value is -2.70. The summed E-state index contributed by atoms with van der Waals surface area (Å²) >= 11 is 0. The maximum absolute atomic E-state index is 15.5. The molecule has 1 aliphatic rings. The van der Waals surface area contributed by atoms with Gasteiger partial charge in [-0.3, -0.25) is 9.48 Å². The molecule has 6 nitrogen and oxygen atoms in total. The van der Waals surface area contributed by atoms with Gasteiger partial charge in [0.1, 0.15) is 11.2 Å². The van der Waals surface area contributed by atoms with Gasteiger partial charge < -0.3 is 10.6 Å². The van der Waals surface area contributed by atoms with Gasteiger partial charge in [0.05, 0.1) is 5.52 Å². The van der Waals surface area contributed by atoms with E-state index in [1.165, 1.54) is 6.92 Å². The molecule has 1 aromatic carbocycles. The standard InChI is InChI=1S/C19H22FN5O/c1-12(26)25-8-6-19(20,7-9-25)10-13-4-3-5-15-16(13)14-11-24(2)23-17(14)18(21)22-15/h3-5,11H,6-10H2,1-2H3,(H2,21,22). The van der Waals surface area contributed by atoms with Crippen molar-refractivity contribution in [3.63, 3.8) is 0 Å². The lowest BCUT2D eigenvalue weighted by Crippen LogP contribution is -2.44. The molecule has 2 aromatic heterocycles. The number of likely N-dealkylation sites (tertiary alicyclic amines) is 1. The molecule has 1 aliphatic heterocycles. The molecule has 0 atom stereocenters. The molecular weight excluding hydrogens is 333 g/mol. The zero-order chi connectivity index (χ0) is 18.5. The van der Waals surface area contributed by atoms with Crippen molar-refractivity contribution < 1.29 is 9.18 Å². The summed E-state index contributed by atoms with van der Waals surface area (Å²) in [6.45, 7) is 2.46. The quantitative estimate of drug-likeness (QED) is 0.766. The molecule has 0 saturated carbocycles. The number of pyridine rings is 1. The molecule has 136 valence electrons. The number of anilines is 1. The average Bonchev–Trinajstić information content (AvgIpc) is 2.97. The number of aromatic nitrogens is 3. The normalized spacial score (nSPS) is 17.1. The number of nitrogen functional groups attached to an aromatic ring is 1. The van der Waals surface area contributed by atoms with E-state index in [-0.39, 0.29) is 5.91 Å². The molecule has 3 aromatic rings. The molecule has 1 saturated heterocycles. The molecule has 4 rings (SSSR count). The second-order valence-corrected chi connectivity index (χ2v) is 7.21. The van der Waals surface area contributed by atoms with Crippen LogP contribution in [-0.4, -0.2) is 44.3 Å². The number of carbonyl (C=O) groups excluding carboxylic acids is 1. The average molecular weight is 355 g/mol. The van der Waals surface area contributed by atoms with Crippen LogP contribution in [0.1, 0.15) is 25.3 Å². The molecule has 0 bridgehead atoms. The second-order valence-electron chi connectivity index (χ2n) is 7.21. The minimum Gasteiger partial charge on any atom is -0.382 e. The lowest BCUT2D eigenvalue weighted by atomic mass is 9.85. The Morgan fingerprint density at radius 1 is 1.35 bits per heavy atom. The van der Waals surface area contributed by atoms with E-state index in [0.29, 0.717) is 43.7 Å². The van der Waals surface area contributed by atoms with Gasteiger partial charge in [-0.15, -0.1) is 0 Å². The predicted molar refractivity (Wildman–Crippen MR) is 99.5 cm³/mol. The monoisotopic (exact) mass is 355 g/mol. The maximum atomic E-state index is 15.5. The van der Waals surface area contributed by atoms with Gasteiger partial charge in [-0.05, 0) is 24.5 Å². The van der Waals surface area contributed by atoms with Crippen molar-refractivity contribution in [3.05, 3.63) is 30.0 Å². The lowest BCUT2D eigenvalue weighted by Gasteiger charge is -2.36. The lowest BCUT2D eigenvalue weighted by molar-refractivity contribution is -0.131. The summed E-state index contributed by atoms with van der Waals surface area (Å²) < 4.78 is 17.2. The van der Waals surface area contributed by atoms with E-state index < -0.39 is 5.67 Å². The van der Waals surface area contributed by atoms with Crippen LogP contribution in [0, 0.1) is 0 Å². The summed E-state index contributed by atoms with van der Waals surface area (Å²) in [5, 5.41) is 6.20. The van der Waals surface area contributed by atoms with Crippen LogP contribution >= 0.6 is 0 Å². The van der Waals surface area contributed by atoms with Crippen molar-refractivity contribution in [2.45, 2.75) is 31.9 Å². The number of halogens is 1. The summed E-state index contributed by atoms with van der Waals surface area (Å²) in [5.74, 6) is 0.393. The fraction of sp³-hybridized carbons (Fsp3) is 0.421. The number of rotatable bonds is 2. The summed E-state index contributed by atoms with van der Waals surface area (Å²) in [6, 6.07) is 5.73. The van der Waals surface area contributed by atoms with Crippen LogP contribution in [0.15, 0.2) is 24.4 Å². The van der Waals surface area contributed by atoms with E-state index in [9.17, 15) is 4.79 Å². The highest BCUT2D eigenvalue weighted by Gasteiger charge is 2.36. The van der Waals surface area contributed by atoms with Crippen LogP contribution in [0.2, 0.25) is 0 Å². The van der Waals surface area contributed by atoms with Crippen LogP contribution < -0.4 is 5.73 Å². The third kappa shape index (κ3) is 2.77. The summed E-state index contributed by atoms with van der Waals surface area (Å²) in [5.41, 5.74) is 7.03. The van der Waals surface area contributed by atoms with E-state index in [0.717, 1.165) is 21.9 Å². The zero-order valence-electron chi connectivity index (χ0n) is 15.0. The Bertz CT molecular complexity index is 1000. The van der Waals surface area contributed by atoms with Crippen molar-refractivity contribution in [1.29, 1.82) is 0 Å². The molecule has 0 radical (unpaired) electrons. The molecular formula is C19H22FN5O. The minimum absolute atomic E-state index is 0.00829. The first kappa shape index (κ1) is 16.8. The van der Waals surface area contributed by atoms with Crippen LogP contribution in [0.5, 0.6) is 0 Å². The molecule has 0 spiro atoms. The van der Waals surface area contributed by atoms with Gasteiger partial charge in [0.15, 0.2) is 5.82 Å². The van der Waals surface area contributed by atoms with Crippen LogP contribution in [0.4, 0.5) is 10.2 Å². The van der Waals surface area contributed by atoms with Crippen molar-refractivity contribution in [3.8, 4) is 0 Å². The first-order valence-electron chi connectivity index (χ1n) is 8.81. The number of nitrogens with zero attached hydrogens (tertiary/aromatic N) is 4. The molecule has 1 fully saturated rings. The molecule has 2 N–H and O–H groups in total. The van der Waals surface area contributed by atoms with Crippen molar-refractivity contribution in [2.24, 2.45) is 7.05 Å². The number of hydrogen-bond donors (Lipinski definition) is 1. The number of aryl methyl sites for hydroxylation is 1. The molecule has 0 unspecified atom stereocenters. The van der Waals surface area contributed by atoms with E-state index >= 15 is 4.39 Å². The number of carbonyl (C=O) groups is 1. The third-order valence-corrected chi connectivity index (χ3v) is 5.32. The van der Waals surface area contributed by atoms with Gasteiger partial charge in [-0.1, -0.05) is 12.1 Å². The topological polar surface area (TPSA) is 77.0 Å². The van der Waals surface area contributed by atoms with Crippen LogP contribution in [-0.2, 0) is 18.3 Å². The van der Waals surface area contributed by atoms with Crippen molar-refractivity contribution in [1.82, 2.24) is 19.7 Å². The number of hydrogen-bond acceptors (Lipinski definition) is 4. The van der Waals surface area contributed by atoms with E-state index in [2.05, 4.69) is 10.1 Å². The summed E-state index contributed by atoms with van der Waals surface area (Å²) in [4.78, 5) is 17.7. The largest absolute Gasteiger partial charge is 0.382 e. The van der Waals surface area contributed by atoms with Crippen molar-refractivity contribution >= 4 is 33.5 Å². The Balaban J connectivity index is 1.75. The Labute approximate surface area is 150 Å². The number of benzene rings is 1. The number of nitrogens with two attached hydrogens (primary N) is 1. The van der Waals surface area contributed by atoms with Crippen LogP contribution in [0.3, 0.4) is 0 Å². The highest BCUT2D eigenvalue weighted by Crippen LogP contribution is 2.35. The first-order valence-corrected chi connectivity index (χ1v) is 8.81. The molecule has 0 aliphatic carbocycles. The number of piperidine rings is 1. The SMILES string of the molecule is CC(=O)N1CCC(F)(Cc2cccc3nc(N)c4nn(C)cc4c23)CC1. The zero-order valence-corrected chi connectivity index (χ0v) is 15.0. The van der Waals surface area contributed by atoms with Gasteiger partial charge in [0, 0.05) is 50.5 Å². The Morgan fingerprint density at radius 2 is 2.08 bits per heavy atom. The van der Waals surface area contributed by atoms with E-state index in [1.54, 1.807) is 9.58 Å². The van der Waals surface area contributed by atoms with Gasteiger partial charge in [-0.2, -0.15) is 5.10 Å². The maximum Gasteiger partial charge on any atom is 0.219 e.